The van der Waals surface area contributed by atoms with Gasteiger partial charge >= 0.3 is 0 Å². The molecule has 7 nitrogen and oxygen atoms in total. The van der Waals surface area contributed by atoms with Gasteiger partial charge in [-0.3, -0.25) is 0 Å². The maximum atomic E-state index is 5.85. The molecule has 2 atom stereocenters. The molecule has 0 radical (unpaired) electrons. The number of nitrogens with zero attached hydrogens (tertiary/aromatic N) is 4. The van der Waals surface area contributed by atoms with Gasteiger partial charge in [0, 0.05) is 17.6 Å². The van der Waals surface area contributed by atoms with Gasteiger partial charge in [-0.2, -0.15) is 19.6 Å². The number of nitrogens with one attached hydrogen (secondary N) is 2. The van der Waals surface area contributed by atoms with E-state index >= 15 is 0 Å². The van der Waals surface area contributed by atoms with E-state index in [1.165, 1.54) is 12.8 Å². The van der Waals surface area contributed by atoms with Crippen molar-refractivity contribution in [3.05, 3.63) is 11.8 Å². The van der Waals surface area contributed by atoms with Crippen molar-refractivity contribution in [1.29, 1.82) is 0 Å². The lowest BCUT2D eigenvalue weighted by molar-refractivity contribution is 0.368. The molecule has 1 aliphatic rings. The van der Waals surface area contributed by atoms with Gasteiger partial charge in [-0.25, -0.2) is 0 Å². The number of hydrogen-bond acceptors (Lipinski definition) is 6. The normalized spacial score (nSPS) is 22.6. The van der Waals surface area contributed by atoms with Crippen LogP contribution in [0.5, 0.6) is 0 Å². The summed E-state index contributed by atoms with van der Waals surface area (Å²) in [5, 5.41) is 11.3. The van der Waals surface area contributed by atoms with Crippen molar-refractivity contribution in [2.75, 3.05) is 18.1 Å². The van der Waals surface area contributed by atoms with Gasteiger partial charge in [0.1, 0.15) is 0 Å². The van der Waals surface area contributed by atoms with Crippen LogP contribution < -0.4 is 16.4 Å². The van der Waals surface area contributed by atoms with E-state index in [0.717, 1.165) is 30.5 Å². The lowest BCUT2D eigenvalue weighted by atomic mass is 9.91. The predicted octanol–water partition coefficient (Wildman–Crippen LogP) is 1.21. The fourth-order valence-corrected chi connectivity index (χ4v) is 3.05. The molecule has 21 heavy (non-hydrogen) atoms. The van der Waals surface area contributed by atoms with Gasteiger partial charge in [-0.05, 0) is 39.2 Å². The van der Waals surface area contributed by atoms with E-state index < -0.39 is 0 Å². The van der Waals surface area contributed by atoms with Crippen LogP contribution in [0.3, 0.4) is 0 Å². The first-order valence-corrected chi connectivity index (χ1v) is 7.65. The highest BCUT2D eigenvalue weighted by molar-refractivity contribution is 5.53. The van der Waals surface area contributed by atoms with Crippen molar-refractivity contribution in [3.63, 3.8) is 0 Å². The topological polar surface area (TPSA) is 93.2 Å². The first-order valence-electron chi connectivity index (χ1n) is 7.65. The van der Waals surface area contributed by atoms with E-state index in [2.05, 4.69) is 32.6 Å². The SMILES string of the molecule is CCc1cnn2c(NC3CCCC(NC)C3)nc(N)nc12. The third kappa shape index (κ3) is 2.78. The van der Waals surface area contributed by atoms with Gasteiger partial charge in [0.05, 0.1) is 6.20 Å². The standard InChI is InChI=1S/C14H23N7/c1-3-9-8-17-21-12(9)19-13(15)20-14(21)18-11-6-4-5-10(7-11)16-2/h8,10-11,16H,3-7H2,1-2H3,(H3,15,18,19,20). The van der Waals surface area contributed by atoms with E-state index in [1.54, 1.807) is 4.52 Å². The van der Waals surface area contributed by atoms with Crippen LogP contribution in [0.25, 0.3) is 5.65 Å². The van der Waals surface area contributed by atoms with Gasteiger partial charge in [-0.1, -0.05) is 6.92 Å². The lowest BCUT2D eigenvalue weighted by Crippen LogP contribution is -2.37. The summed E-state index contributed by atoms with van der Waals surface area (Å²) >= 11 is 0. The molecular formula is C14H23N7. The van der Waals surface area contributed by atoms with E-state index in [4.69, 9.17) is 5.73 Å². The number of rotatable bonds is 4. The number of anilines is 2. The minimum atomic E-state index is 0.293. The van der Waals surface area contributed by atoms with Gasteiger partial charge < -0.3 is 16.4 Å². The molecule has 1 aliphatic carbocycles. The summed E-state index contributed by atoms with van der Waals surface area (Å²) in [6, 6.07) is 0.956. The average Bonchev–Trinajstić information content (AvgIpc) is 2.90. The molecule has 2 aromatic heterocycles. The molecule has 0 aliphatic heterocycles. The molecule has 4 N–H and O–H groups in total. The van der Waals surface area contributed by atoms with Crippen LogP contribution in [0.4, 0.5) is 11.9 Å². The van der Waals surface area contributed by atoms with Crippen LogP contribution >= 0.6 is 0 Å². The van der Waals surface area contributed by atoms with Crippen LogP contribution in [0.15, 0.2) is 6.20 Å². The van der Waals surface area contributed by atoms with Gasteiger partial charge in [0.25, 0.3) is 0 Å². The molecule has 2 heterocycles. The molecule has 0 aromatic carbocycles. The first kappa shape index (κ1) is 14.1. The molecule has 1 saturated carbocycles. The van der Waals surface area contributed by atoms with Gasteiger partial charge in [-0.15, -0.1) is 0 Å². The minimum absolute atomic E-state index is 0.293. The average molecular weight is 289 g/mol. The Hall–Kier alpha value is -1.89. The number of hydrogen-bond donors (Lipinski definition) is 3. The predicted molar refractivity (Wildman–Crippen MR) is 83.3 cm³/mol. The zero-order valence-electron chi connectivity index (χ0n) is 12.6. The highest BCUT2D eigenvalue weighted by Gasteiger charge is 2.22. The van der Waals surface area contributed by atoms with Crippen molar-refractivity contribution < 1.29 is 0 Å². The maximum absolute atomic E-state index is 5.85. The Morgan fingerprint density at radius 2 is 2.14 bits per heavy atom. The Labute approximate surface area is 124 Å². The fourth-order valence-electron chi connectivity index (χ4n) is 3.05. The smallest absolute Gasteiger partial charge is 0.229 e. The summed E-state index contributed by atoms with van der Waals surface area (Å²) in [6.07, 6.45) is 7.40. The maximum Gasteiger partial charge on any atom is 0.229 e. The van der Waals surface area contributed by atoms with Crippen LogP contribution in [-0.4, -0.2) is 38.7 Å². The molecule has 1 fully saturated rings. The molecule has 114 valence electrons. The Bertz CT molecular complexity index is 621. The highest BCUT2D eigenvalue weighted by Crippen LogP contribution is 2.22. The minimum Gasteiger partial charge on any atom is -0.368 e. The summed E-state index contributed by atoms with van der Waals surface area (Å²) in [5.74, 6) is 0.986. The van der Waals surface area contributed by atoms with E-state index in [9.17, 15) is 0 Å². The molecule has 2 unspecified atom stereocenters. The number of aryl methyl sites for hydroxylation is 1. The Morgan fingerprint density at radius 3 is 2.90 bits per heavy atom. The van der Waals surface area contributed by atoms with Crippen LogP contribution in [0, 0.1) is 0 Å². The van der Waals surface area contributed by atoms with E-state index in [-0.39, 0.29) is 0 Å². The summed E-state index contributed by atoms with van der Waals surface area (Å²) < 4.78 is 1.76. The van der Waals surface area contributed by atoms with Crippen molar-refractivity contribution in [3.8, 4) is 0 Å². The van der Waals surface area contributed by atoms with E-state index in [1.807, 2.05) is 13.2 Å². The lowest BCUT2D eigenvalue weighted by Gasteiger charge is -2.29. The molecule has 2 aromatic rings. The molecule has 0 bridgehead atoms. The van der Waals surface area contributed by atoms with Crippen molar-refractivity contribution >= 4 is 17.5 Å². The third-order valence-corrected chi connectivity index (χ3v) is 4.25. The van der Waals surface area contributed by atoms with Crippen molar-refractivity contribution in [2.45, 2.75) is 51.1 Å². The Balaban J connectivity index is 1.88. The monoisotopic (exact) mass is 289 g/mol. The number of nitrogens with two attached hydrogens (primary N) is 1. The van der Waals surface area contributed by atoms with Crippen LogP contribution in [-0.2, 0) is 6.42 Å². The molecule has 0 spiro atoms. The number of fused-ring (bicyclic) bond motifs is 1. The zero-order chi connectivity index (χ0) is 14.8. The molecule has 0 saturated heterocycles. The van der Waals surface area contributed by atoms with Crippen molar-refractivity contribution in [1.82, 2.24) is 24.9 Å². The summed E-state index contributed by atoms with van der Waals surface area (Å²) in [4.78, 5) is 8.64. The fraction of sp³-hybridized carbons (Fsp3) is 0.643. The zero-order valence-corrected chi connectivity index (χ0v) is 12.6. The van der Waals surface area contributed by atoms with Crippen LogP contribution in [0.2, 0.25) is 0 Å². The molecule has 3 rings (SSSR count). The number of aromatic nitrogens is 4. The van der Waals surface area contributed by atoms with Gasteiger partial charge in [0.2, 0.25) is 11.9 Å². The van der Waals surface area contributed by atoms with Crippen LogP contribution in [0.1, 0.15) is 38.2 Å². The quantitative estimate of drug-likeness (QED) is 0.783. The molecular weight excluding hydrogens is 266 g/mol. The molecule has 0 amide bonds. The Morgan fingerprint density at radius 1 is 1.33 bits per heavy atom. The Kier molecular flexibility index (Phi) is 3.92. The summed E-state index contributed by atoms with van der Waals surface area (Å²) in [5.41, 5.74) is 7.74. The van der Waals surface area contributed by atoms with E-state index in [0.29, 0.717) is 24.0 Å². The number of nitrogen functional groups attached to an aromatic ring is 1. The first-order chi connectivity index (χ1) is 10.2. The second-order valence-corrected chi connectivity index (χ2v) is 5.66. The highest BCUT2D eigenvalue weighted by atomic mass is 15.4. The molecule has 7 heteroatoms. The largest absolute Gasteiger partial charge is 0.368 e. The van der Waals surface area contributed by atoms with Crippen molar-refractivity contribution in [2.24, 2.45) is 0 Å². The second-order valence-electron chi connectivity index (χ2n) is 5.66. The van der Waals surface area contributed by atoms with Gasteiger partial charge in [0.15, 0.2) is 5.65 Å². The third-order valence-electron chi connectivity index (χ3n) is 4.25. The summed E-state index contributed by atoms with van der Waals surface area (Å²) in [7, 11) is 2.02. The summed E-state index contributed by atoms with van der Waals surface area (Å²) in [6.45, 7) is 2.08. The second kappa shape index (κ2) is 5.85.